The number of carbonyl (C=O) groups is 1. The molecule has 0 radical (unpaired) electrons. The van der Waals surface area contributed by atoms with E-state index in [9.17, 15) is 4.79 Å². The van der Waals surface area contributed by atoms with E-state index in [-0.39, 0.29) is 19.7 Å². The number of hydrogen-bond donors (Lipinski definition) is 1. The van der Waals surface area contributed by atoms with Crippen LogP contribution in [0.15, 0.2) is 11.6 Å². The fourth-order valence-corrected chi connectivity index (χ4v) is 1.10. The Bertz CT molecular complexity index is 191. The van der Waals surface area contributed by atoms with Gasteiger partial charge in [-0.05, 0) is 19.9 Å². The Kier molecular flexibility index (Phi) is 4.66. The molecule has 0 rings (SSSR count). The van der Waals surface area contributed by atoms with E-state index >= 15 is 0 Å². The van der Waals surface area contributed by atoms with Gasteiger partial charge in [0.1, 0.15) is 0 Å². The maximum atomic E-state index is 11.2. The molecule has 0 aliphatic heterocycles. The number of carbonyl (C=O) groups excluding carboxylic acids is 1. The molecule has 0 aromatic heterocycles. The van der Waals surface area contributed by atoms with Gasteiger partial charge < -0.3 is 4.89 Å². The quantitative estimate of drug-likeness (QED) is 0.542. The molecule has 0 bridgehead atoms. The summed E-state index contributed by atoms with van der Waals surface area (Å²) in [4.78, 5) is 20.2. The van der Waals surface area contributed by atoms with E-state index in [4.69, 9.17) is 4.89 Å². The lowest BCUT2D eigenvalue weighted by Crippen LogP contribution is -2.17. The molecule has 1 unspecified atom stereocenters. The summed E-state index contributed by atoms with van der Waals surface area (Å²) in [5, 5.41) is -0.261. The SMILES string of the molecule is CC(C)=CC(=O)CC(C)(C)PO. The Labute approximate surface area is 75.9 Å². The number of allylic oxidation sites excluding steroid dienone is 2. The molecular weight excluding hydrogens is 171 g/mol. The van der Waals surface area contributed by atoms with Gasteiger partial charge in [0.05, 0.1) is 0 Å². The number of rotatable bonds is 4. The summed E-state index contributed by atoms with van der Waals surface area (Å²) in [5.74, 6) is 0.0987. The molecule has 0 spiro atoms. The Morgan fingerprint density at radius 3 is 2.33 bits per heavy atom. The smallest absolute Gasteiger partial charge is 0.156 e. The molecule has 0 saturated carbocycles. The van der Waals surface area contributed by atoms with E-state index in [1.807, 2.05) is 27.7 Å². The van der Waals surface area contributed by atoms with Crippen LogP contribution in [-0.4, -0.2) is 15.8 Å². The zero-order valence-electron chi connectivity index (χ0n) is 8.14. The molecule has 1 atom stereocenters. The van der Waals surface area contributed by atoms with Gasteiger partial charge in [-0.25, -0.2) is 0 Å². The molecule has 1 N–H and O–H groups in total. The van der Waals surface area contributed by atoms with E-state index in [0.29, 0.717) is 6.42 Å². The minimum absolute atomic E-state index is 0.0987. The molecule has 70 valence electrons. The first-order chi connectivity index (χ1) is 5.37. The second-order valence-electron chi connectivity index (χ2n) is 3.86. The molecule has 0 amide bonds. The van der Waals surface area contributed by atoms with Crippen molar-refractivity contribution in [3.8, 4) is 0 Å². The minimum atomic E-state index is -0.261. The monoisotopic (exact) mass is 188 g/mol. The summed E-state index contributed by atoms with van der Waals surface area (Å²) in [7, 11) is -0.176. The van der Waals surface area contributed by atoms with Crippen LogP contribution in [0.5, 0.6) is 0 Å². The largest absolute Gasteiger partial charge is 0.376 e. The van der Waals surface area contributed by atoms with Crippen molar-refractivity contribution in [3.63, 3.8) is 0 Å². The van der Waals surface area contributed by atoms with Gasteiger partial charge in [-0.15, -0.1) is 0 Å². The maximum absolute atomic E-state index is 11.2. The van der Waals surface area contributed by atoms with Crippen molar-refractivity contribution >= 4 is 14.6 Å². The van der Waals surface area contributed by atoms with E-state index in [1.54, 1.807) is 6.08 Å². The highest BCUT2D eigenvalue weighted by Gasteiger charge is 2.19. The first-order valence-corrected chi connectivity index (χ1v) is 4.91. The maximum Gasteiger partial charge on any atom is 0.156 e. The molecular formula is C9H17O2P. The van der Waals surface area contributed by atoms with Crippen LogP contribution in [0, 0.1) is 0 Å². The third-order valence-electron chi connectivity index (χ3n) is 1.37. The van der Waals surface area contributed by atoms with Crippen LogP contribution in [0.4, 0.5) is 0 Å². The molecule has 2 nitrogen and oxygen atoms in total. The summed E-state index contributed by atoms with van der Waals surface area (Å²) < 4.78 is 0. The van der Waals surface area contributed by atoms with Gasteiger partial charge in [0.2, 0.25) is 0 Å². The van der Waals surface area contributed by atoms with Crippen LogP contribution >= 0.6 is 8.81 Å². The summed E-state index contributed by atoms with van der Waals surface area (Å²) in [6.45, 7) is 7.57. The molecule has 0 saturated heterocycles. The number of hydrogen-bond acceptors (Lipinski definition) is 2. The average Bonchev–Trinajstić information content (AvgIpc) is 1.84. The number of ketones is 1. The Morgan fingerprint density at radius 2 is 2.00 bits per heavy atom. The second kappa shape index (κ2) is 4.74. The van der Waals surface area contributed by atoms with E-state index in [0.717, 1.165) is 5.57 Å². The van der Waals surface area contributed by atoms with Crippen molar-refractivity contribution in [3.05, 3.63) is 11.6 Å². The lowest BCUT2D eigenvalue weighted by atomic mass is 10.0. The first-order valence-electron chi connectivity index (χ1n) is 3.96. The highest BCUT2D eigenvalue weighted by Crippen LogP contribution is 2.30. The zero-order valence-corrected chi connectivity index (χ0v) is 9.14. The van der Waals surface area contributed by atoms with Gasteiger partial charge in [-0.1, -0.05) is 19.4 Å². The molecule has 12 heavy (non-hydrogen) atoms. The lowest BCUT2D eigenvalue weighted by Gasteiger charge is -2.18. The van der Waals surface area contributed by atoms with Gasteiger partial charge in [0.25, 0.3) is 0 Å². The average molecular weight is 188 g/mol. The lowest BCUT2D eigenvalue weighted by molar-refractivity contribution is -0.115. The van der Waals surface area contributed by atoms with Gasteiger partial charge >= 0.3 is 0 Å². The Balaban J connectivity index is 4.10. The predicted molar refractivity (Wildman–Crippen MR) is 53.7 cm³/mol. The van der Waals surface area contributed by atoms with Gasteiger partial charge in [-0.2, -0.15) is 0 Å². The molecule has 0 aliphatic rings. The fourth-order valence-electron chi connectivity index (χ4n) is 0.848. The van der Waals surface area contributed by atoms with Crippen molar-refractivity contribution in [1.29, 1.82) is 0 Å². The van der Waals surface area contributed by atoms with E-state index in [2.05, 4.69) is 0 Å². The van der Waals surface area contributed by atoms with Gasteiger partial charge in [0, 0.05) is 20.4 Å². The Morgan fingerprint density at radius 1 is 1.50 bits per heavy atom. The van der Waals surface area contributed by atoms with Crippen molar-refractivity contribution in [2.24, 2.45) is 0 Å². The summed E-state index contributed by atoms with van der Waals surface area (Å²) in [6.07, 6.45) is 2.05. The summed E-state index contributed by atoms with van der Waals surface area (Å²) in [6, 6.07) is 0. The molecule has 0 fully saturated rings. The van der Waals surface area contributed by atoms with Crippen LogP contribution in [0.1, 0.15) is 34.1 Å². The second-order valence-corrected chi connectivity index (χ2v) is 5.44. The minimum Gasteiger partial charge on any atom is -0.376 e. The molecule has 0 aliphatic carbocycles. The van der Waals surface area contributed by atoms with Crippen LogP contribution in [0.25, 0.3) is 0 Å². The normalized spacial score (nSPS) is 12.1. The molecule has 0 aromatic rings. The first kappa shape index (κ1) is 11.8. The van der Waals surface area contributed by atoms with Crippen molar-refractivity contribution in [2.75, 3.05) is 0 Å². The van der Waals surface area contributed by atoms with Crippen LogP contribution < -0.4 is 0 Å². The van der Waals surface area contributed by atoms with Gasteiger partial charge in [0.15, 0.2) is 5.78 Å². The molecule has 3 heteroatoms. The molecule has 0 heterocycles. The van der Waals surface area contributed by atoms with E-state index < -0.39 is 0 Å². The van der Waals surface area contributed by atoms with Crippen molar-refractivity contribution in [2.45, 2.75) is 39.3 Å². The Hall–Kier alpha value is -0.200. The topological polar surface area (TPSA) is 37.3 Å². The fraction of sp³-hybridized carbons (Fsp3) is 0.667. The highest BCUT2D eigenvalue weighted by atomic mass is 31.1. The third-order valence-corrected chi connectivity index (χ3v) is 2.15. The standard InChI is InChI=1S/C9H17O2P/c1-7(2)5-8(10)6-9(3,4)12-11/h5,11-12H,6H2,1-4H3. The van der Waals surface area contributed by atoms with Crippen molar-refractivity contribution in [1.82, 2.24) is 0 Å². The summed E-state index contributed by atoms with van der Waals surface area (Å²) >= 11 is 0. The predicted octanol–water partition coefficient (Wildman–Crippen LogP) is 2.28. The summed E-state index contributed by atoms with van der Waals surface area (Å²) in [5.41, 5.74) is 1.01. The van der Waals surface area contributed by atoms with Crippen molar-refractivity contribution < 1.29 is 9.69 Å². The molecule has 0 aromatic carbocycles. The highest BCUT2D eigenvalue weighted by molar-refractivity contribution is 7.33. The van der Waals surface area contributed by atoms with Crippen LogP contribution in [0.2, 0.25) is 0 Å². The van der Waals surface area contributed by atoms with Crippen LogP contribution in [-0.2, 0) is 4.79 Å². The van der Waals surface area contributed by atoms with Gasteiger partial charge in [-0.3, -0.25) is 4.79 Å². The third kappa shape index (κ3) is 5.45. The van der Waals surface area contributed by atoms with E-state index in [1.165, 1.54) is 0 Å². The zero-order chi connectivity index (χ0) is 9.78. The van der Waals surface area contributed by atoms with Crippen LogP contribution in [0.3, 0.4) is 0 Å².